The lowest BCUT2D eigenvalue weighted by atomic mass is 10.0. The standard InChI is InChI=1S/C20H28N4O7S/c21-13(10-32)19(29)24-7-1-2-16(24)18(28)22-14(8-11-3-5-12(26)6-4-11)17(27)23-15(9-25)20(30)31/h3-6,13-16,25-26,32H,1-2,7-10,21H2,(H,22,28)(H,23,27)(H,30,31). The number of hydrogen-bond donors (Lipinski definition) is 7. The van der Waals surface area contributed by atoms with Gasteiger partial charge in [-0.1, -0.05) is 12.1 Å². The number of carbonyl (C=O) groups is 4. The van der Waals surface area contributed by atoms with Crippen LogP contribution in [0.1, 0.15) is 18.4 Å². The molecule has 1 fully saturated rings. The summed E-state index contributed by atoms with van der Waals surface area (Å²) < 4.78 is 0. The summed E-state index contributed by atoms with van der Waals surface area (Å²) in [6.45, 7) is -0.480. The number of phenolic OH excluding ortho intramolecular Hbond substituents is 1. The van der Waals surface area contributed by atoms with Gasteiger partial charge in [0.25, 0.3) is 0 Å². The molecule has 4 unspecified atom stereocenters. The lowest BCUT2D eigenvalue weighted by molar-refractivity contribution is -0.144. The van der Waals surface area contributed by atoms with Crippen molar-refractivity contribution in [3.63, 3.8) is 0 Å². The summed E-state index contributed by atoms with van der Waals surface area (Å²) in [6.07, 6.45) is 0.967. The first-order valence-corrected chi connectivity index (χ1v) is 10.7. The second-order valence-electron chi connectivity index (χ2n) is 7.49. The van der Waals surface area contributed by atoms with Crippen LogP contribution in [-0.4, -0.2) is 87.0 Å². The number of aliphatic hydroxyl groups excluding tert-OH is 1. The lowest BCUT2D eigenvalue weighted by Gasteiger charge is -2.28. The van der Waals surface area contributed by atoms with E-state index < -0.39 is 54.5 Å². The number of aliphatic hydroxyl groups is 1. The van der Waals surface area contributed by atoms with Crippen LogP contribution in [0, 0.1) is 0 Å². The fraction of sp³-hybridized carbons (Fsp3) is 0.500. The van der Waals surface area contributed by atoms with E-state index in [9.17, 15) is 29.4 Å². The van der Waals surface area contributed by atoms with E-state index in [2.05, 4.69) is 23.3 Å². The molecular weight excluding hydrogens is 440 g/mol. The van der Waals surface area contributed by atoms with Crippen molar-refractivity contribution in [2.24, 2.45) is 5.73 Å². The predicted molar refractivity (Wildman–Crippen MR) is 117 cm³/mol. The zero-order valence-corrected chi connectivity index (χ0v) is 18.2. The largest absolute Gasteiger partial charge is 0.508 e. The molecule has 32 heavy (non-hydrogen) atoms. The maximum absolute atomic E-state index is 13.0. The minimum Gasteiger partial charge on any atom is -0.508 e. The molecule has 1 aromatic carbocycles. The van der Waals surface area contributed by atoms with E-state index in [0.717, 1.165) is 0 Å². The van der Waals surface area contributed by atoms with Gasteiger partial charge in [0.05, 0.1) is 12.6 Å². The van der Waals surface area contributed by atoms with Crippen molar-refractivity contribution in [1.29, 1.82) is 0 Å². The number of phenols is 1. The second kappa shape index (κ2) is 11.7. The zero-order valence-electron chi connectivity index (χ0n) is 17.3. The fourth-order valence-corrected chi connectivity index (χ4v) is 3.55. The van der Waals surface area contributed by atoms with Crippen molar-refractivity contribution in [3.8, 4) is 5.75 Å². The van der Waals surface area contributed by atoms with E-state index in [1.807, 2.05) is 0 Å². The molecule has 0 aromatic heterocycles. The molecule has 12 heteroatoms. The summed E-state index contributed by atoms with van der Waals surface area (Å²) in [4.78, 5) is 50.7. The van der Waals surface area contributed by atoms with Gasteiger partial charge < -0.3 is 36.6 Å². The Morgan fingerprint density at radius 1 is 1.16 bits per heavy atom. The first-order valence-electron chi connectivity index (χ1n) is 10.1. The van der Waals surface area contributed by atoms with E-state index in [1.165, 1.54) is 17.0 Å². The van der Waals surface area contributed by atoms with Gasteiger partial charge in [-0.2, -0.15) is 12.6 Å². The quantitative estimate of drug-likeness (QED) is 0.197. The first kappa shape index (κ1) is 25.4. The Balaban J connectivity index is 2.19. The molecule has 0 bridgehead atoms. The van der Waals surface area contributed by atoms with Crippen molar-refractivity contribution in [2.45, 2.75) is 43.4 Å². The molecule has 1 saturated heterocycles. The van der Waals surface area contributed by atoms with E-state index in [0.29, 0.717) is 24.9 Å². The molecule has 0 aliphatic carbocycles. The molecule has 1 heterocycles. The van der Waals surface area contributed by atoms with Gasteiger partial charge in [-0.3, -0.25) is 14.4 Å². The summed E-state index contributed by atoms with van der Waals surface area (Å²) in [6, 6.07) is 1.53. The molecular formula is C20H28N4O7S. The van der Waals surface area contributed by atoms with Gasteiger partial charge in [0, 0.05) is 18.7 Å². The van der Waals surface area contributed by atoms with Crippen LogP contribution in [0.3, 0.4) is 0 Å². The molecule has 0 spiro atoms. The highest BCUT2D eigenvalue weighted by molar-refractivity contribution is 7.80. The highest BCUT2D eigenvalue weighted by atomic mass is 32.1. The van der Waals surface area contributed by atoms with Gasteiger partial charge in [-0.25, -0.2) is 4.79 Å². The third-order valence-corrected chi connectivity index (χ3v) is 5.55. The number of nitrogens with one attached hydrogen (secondary N) is 2. The Morgan fingerprint density at radius 2 is 1.81 bits per heavy atom. The second-order valence-corrected chi connectivity index (χ2v) is 7.86. The molecule has 3 amide bonds. The highest BCUT2D eigenvalue weighted by Gasteiger charge is 2.37. The Kier molecular flexibility index (Phi) is 9.29. The van der Waals surface area contributed by atoms with Gasteiger partial charge in [-0.15, -0.1) is 0 Å². The summed E-state index contributed by atoms with van der Waals surface area (Å²) in [5, 5.41) is 32.5. The number of thiol groups is 1. The average Bonchev–Trinajstić information content (AvgIpc) is 3.26. The topological polar surface area (TPSA) is 182 Å². The minimum atomic E-state index is -1.54. The van der Waals surface area contributed by atoms with E-state index in [4.69, 9.17) is 10.8 Å². The molecule has 1 aliphatic rings. The van der Waals surface area contributed by atoms with E-state index in [-0.39, 0.29) is 17.9 Å². The maximum Gasteiger partial charge on any atom is 0.328 e. The Morgan fingerprint density at radius 3 is 2.38 bits per heavy atom. The number of aliphatic carboxylic acids is 1. The van der Waals surface area contributed by atoms with Crippen molar-refractivity contribution < 1.29 is 34.5 Å². The number of nitrogens with zero attached hydrogens (tertiary/aromatic N) is 1. The van der Waals surface area contributed by atoms with E-state index >= 15 is 0 Å². The predicted octanol–water partition coefficient (Wildman–Crippen LogP) is -1.77. The van der Waals surface area contributed by atoms with Crippen LogP contribution in [-0.2, 0) is 25.6 Å². The number of nitrogens with two attached hydrogens (primary N) is 1. The average molecular weight is 469 g/mol. The van der Waals surface area contributed by atoms with Crippen LogP contribution in [0.4, 0.5) is 0 Å². The van der Waals surface area contributed by atoms with Crippen molar-refractivity contribution in [1.82, 2.24) is 15.5 Å². The number of benzene rings is 1. The van der Waals surface area contributed by atoms with Gasteiger partial charge in [-0.05, 0) is 30.5 Å². The van der Waals surface area contributed by atoms with Crippen LogP contribution >= 0.6 is 12.6 Å². The monoisotopic (exact) mass is 468 g/mol. The number of rotatable bonds is 10. The number of carbonyl (C=O) groups excluding carboxylic acids is 3. The molecule has 176 valence electrons. The number of carboxylic acid groups (broad SMARTS) is 1. The van der Waals surface area contributed by atoms with Crippen LogP contribution in [0.5, 0.6) is 5.75 Å². The number of hydrogen-bond acceptors (Lipinski definition) is 8. The molecule has 4 atom stereocenters. The highest BCUT2D eigenvalue weighted by Crippen LogP contribution is 2.19. The Hall–Kier alpha value is -2.83. The first-order chi connectivity index (χ1) is 15.2. The number of amides is 3. The summed E-state index contributed by atoms with van der Waals surface area (Å²) in [5.41, 5.74) is 6.35. The summed E-state index contributed by atoms with van der Waals surface area (Å²) in [7, 11) is 0. The summed E-state index contributed by atoms with van der Waals surface area (Å²) in [5.74, 6) is -3.08. The molecule has 0 radical (unpaired) electrons. The van der Waals surface area contributed by atoms with E-state index in [1.54, 1.807) is 12.1 Å². The van der Waals surface area contributed by atoms with Gasteiger partial charge in [0.2, 0.25) is 17.7 Å². The zero-order chi connectivity index (χ0) is 23.8. The molecule has 2 rings (SSSR count). The number of aromatic hydroxyl groups is 1. The van der Waals surface area contributed by atoms with Gasteiger partial charge in [0.1, 0.15) is 23.9 Å². The third kappa shape index (κ3) is 6.58. The lowest BCUT2D eigenvalue weighted by Crippen LogP contribution is -2.57. The molecule has 0 saturated carbocycles. The van der Waals surface area contributed by atoms with Crippen LogP contribution < -0.4 is 16.4 Å². The molecule has 11 nitrogen and oxygen atoms in total. The fourth-order valence-electron chi connectivity index (χ4n) is 3.40. The van der Waals surface area contributed by atoms with Crippen LogP contribution in [0.15, 0.2) is 24.3 Å². The third-order valence-electron chi connectivity index (χ3n) is 5.16. The van der Waals surface area contributed by atoms with Crippen molar-refractivity contribution >= 4 is 36.3 Å². The minimum absolute atomic E-state index is 0.00750. The molecule has 7 N–H and O–H groups in total. The molecule has 1 aromatic rings. The number of likely N-dealkylation sites (tertiary alicyclic amines) is 1. The normalized spacial score (nSPS) is 18.5. The summed E-state index contributed by atoms with van der Waals surface area (Å²) >= 11 is 4.02. The number of carboxylic acids is 1. The Bertz CT molecular complexity index is 836. The SMILES string of the molecule is NC(CS)C(=O)N1CCCC1C(=O)NC(Cc1ccc(O)cc1)C(=O)NC(CO)C(=O)O. The van der Waals surface area contributed by atoms with Crippen molar-refractivity contribution in [2.75, 3.05) is 18.9 Å². The van der Waals surface area contributed by atoms with Crippen molar-refractivity contribution in [3.05, 3.63) is 29.8 Å². The van der Waals surface area contributed by atoms with Crippen LogP contribution in [0.25, 0.3) is 0 Å². The van der Waals surface area contributed by atoms with Gasteiger partial charge >= 0.3 is 5.97 Å². The smallest absolute Gasteiger partial charge is 0.328 e. The molecule has 1 aliphatic heterocycles. The van der Waals surface area contributed by atoms with Crippen LogP contribution in [0.2, 0.25) is 0 Å². The van der Waals surface area contributed by atoms with Gasteiger partial charge in [0.15, 0.2) is 0 Å². The Labute approximate surface area is 190 Å². The maximum atomic E-state index is 13.0.